The number of hydrogen-bond donors (Lipinski definition) is 1. The van der Waals surface area contributed by atoms with Crippen molar-refractivity contribution in [2.24, 2.45) is 0 Å². The predicted molar refractivity (Wildman–Crippen MR) is 52.0 cm³/mol. The van der Waals surface area contributed by atoms with Gasteiger partial charge in [0, 0.05) is 11.6 Å². The fourth-order valence-corrected chi connectivity index (χ4v) is 1.06. The SMILES string of the molecule is Oc1ccc2ncccc2c1.[MgH2]. The van der Waals surface area contributed by atoms with Gasteiger partial charge in [0.25, 0.3) is 0 Å². The highest BCUT2D eigenvalue weighted by Crippen LogP contribution is 2.16. The van der Waals surface area contributed by atoms with E-state index in [-0.39, 0.29) is 28.8 Å². The van der Waals surface area contributed by atoms with Gasteiger partial charge in [0.1, 0.15) is 5.75 Å². The minimum Gasteiger partial charge on any atom is -0.508 e. The molecule has 2 nitrogen and oxygen atoms in total. The Morgan fingerprint density at radius 1 is 1.17 bits per heavy atom. The van der Waals surface area contributed by atoms with E-state index in [1.807, 2.05) is 12.1 Å². The van der Waals surface area contributed by atoms with Gasteiger partial charge in [0.2, 0.25) is 0 Å². The summed E-state index contributed by atoms with van der Waals surface area (Å²) in [5.41, 5.74) is 0.908. The highest BCUT2D eigenvalue weighted by molar-refractivity contribution is 5.79. The number of pyridine rings is 1. The summed E-state index contributed by atoms with van der Waals surface area (Å²) in [6.07, 6.45) is 1.74. The second-order valence-electron chi connectivity index (χ2n) is 2.38. The standard InChI is InChI=1S/C9H7NO.Mg.2H/c11-8-3-4-9-7(6-8)2-1-5-10-9;;;/h1-6,11H;;;. The average molecular weight is 171 g/mol. The van der Waals surface area contributed by atoms with E-state index in [1.54, 1.807) is 24.4 Å². The van der Waals surface area contributed by atoms with Crippen molar-refractivity contribution in [3.05, 3.63) is 36.5 Å². The molecule has 3 heteroatoms. The van der Waals surface area contributed by atoms with Crippen LogP contribution in [0, 0.1) is 0 Å². The molecule has 58 valence electrons. The summed E-state index contributed by atoms with van der Waals surface area (Å²) in [6.45, 7) is 0. The topological polar surface area (TPSA) is 33.1 Å². The normalized spacial score (nSPS) is 9.33. The first kappa shape index (κ1) is 9.29. The molecule has 12 heavy (non-hydrogen) atoms. The minimum atomic E-state index is 0. The Hall–Kier alpha value is -0.804. The molecule has 1 aromatic heterocycles. The van der Waals surface area contributed by atoms with Crippen molar-refractivity contribution >= 4 is 34.0 Å². The van der Waals surface area contributed by atoms with Crippen molar-refractivity contribution in [2.45, 2.75) is 0 Å². The van der Waals surface area contributed by atoms with Crippen molar-refractivity contribution in [1.29, 1.82) is 0 Å². The van der Waals surface area contributed by atoms with E-state index in [9.17, 15) is 0 Å². The predicted octanol–water partition coefficient (Wildman–Crippen LogP) is 1.02. The van der Waals surface area contributed by atoms with Gasteiger partial charge in [-0.05, 0) is 24.3 Å². The zero-order valence-corrected chi connectivity index (χ0v) is 5.86. The molecule has 0 spiro atoms. The number of aromatic nitrogens is 1. The van der Waals surface area contributed by atoms with Crippen LogP contribution in [-0.4, -0.2) is 33.1 Å². The number of phenols is 1. The van der Waals surface area contributed by atoms with E-state index in [2.05, 4.69) is 4.98 Å². The van der Waals surface area contributed by atoms with Gasteiger partial charge in [-0.15, -0.1) is 0 Å². The van der Waals surface area contributed by atoms with Crippen LogP contribution in [0.3, 0.4) is 0 Å². The van der Waals surface area contributed by atoms with E-state index in [4.69, 9.17) is 5.11 Å². The molecule has 1 aromatic carbocycles. The Morgan fingerprint density at radius 3 is 2.83 bits per heavy atom. The number of fused-ring (bicyclic) bond motifs is 1. The highest BCUT2D eigenvalue weighted by Gasteiger charge is 1.92. The summed E-state index contributed by atoms with van der Waals surface area (Å²) in [6, 6.07) is 8.90. The van der Waals surface area contributed by atoms with Gasteiger partial charge in [-0.3, -0.25) is 4.98 Å². The summed E-state index contributed by atoms with van der Waals surface area (Å²) >= 11 is 0. The molecule has 2 aromatic rings. The van der Waals surface area contributed by atoms with Gasteiger partial charge < -0.3 is 5.11 Å². The highest BCUT2D eigenvalue weighted by atomic mass is 24.3. The Kier molecular flexibility index (Phi) is 2.89. The number of phenolic OH excluding ortho intramolecular Hbond substituents is 1. The van der Waals surface area contributed by atoms with Crippen LogP contribution in [0.15, 0.2) is 36.5 Å². The van der Waals surface area contributed by atoms with Crippen molar-refractivity contribution in [3.8, 4) is 5.75 Å². The van der Waals surface area contributed by atoms with Crippen LogP contribution in [0.1, 0.15) is 0 Å². The maximum Gasteiger partial charge on any atom is 0.316 e. The molecule has 1 heterocycles. The minimum absolute atomic E-state index is 0. The maximum absolute atomic E-state index is 9.10. The van der Waals surface area contributed by atoms with Crippen LogP contribution in [0.25, 0.3) is 10.9 Å². The molecule has 0 unspecified atom stereocenters. The van der Waals surface area contributed by atoms with E-state index < -0.39 is 0 Å². The summed E-state index contributed by atoms with van der Waals surface area (Å²) < 4.78 is 0. The lowest BCUT2D eigenvalue weighted by molar-refractivity contribution is 0.476. The summed E-state index contributed by atoms with van der Waals surface area (Å²) in [5.74, 6) is 0.283. The fourth-order valence-electron chi connectivity index (χ4n) is 1.06. The first-order chi connectivity index (χ1) is 5.36. The van der Waals surface area contributed by atoms with Crippen LogP contribution in [0.5, 0.6) is 5.75 Å². The maximum atomic E-state index is 9.10. The Balaban J connectivity index is 0.000000720. The van der Waals surface area contributed by atoms with Crippen LogP contribution in [-0.2, 0) is 0 Å². The molecular weight excluding hydrogens is 162 g/mol. The number of benzene rings is 1. The molecule has 0 saturated carbocycles. The largest absolute Gasteiger partial charge is 0.508 e. The molecular formula is C9H9MgNO. The quantitative estimate of drug-likeness (QED) is 0.601. The average Bonchev–Trinajstić information content (AvgIpc) is 2.04. The third kappa shape index (κ3) is 1.68. The fraction of sp³-hybridized carbons (Fsp3) is 0. The Morgan fingerprint density at radius 2 is 2.00 bits per heavy atom. The van der Waals surface area contributed by atoms with Gasteiger partial charge in [0.05, 0.1) is 5.52 Å². The van der Waals surface area contributed by atoms with Crippen molar-refractivity contribution in [1.82, 2.24) is 4.98 Å². The van der Waals surface area contributed by atoms with Crippen LogP contribution in [0.4, 0.5) is 0 Å². The summed E-state index contributed by atoms with van der Waals surface area (Å²) in [4.78, 5) is 4.11. The summed E-state index contributed by atoms with van der Waals surface area (Å²) in [5, 5.41) is 10.1. The second-order valence-corrected chi connectivity index (χ2v) is 2.38. The molecule has 0 fully saturated rings. The number of hydrogen-bond acceptors (Lipinski definition) is 2. The molecule has 0 aliphatic heterocycles. The molecule has 0 aliphatic carbocycles. The van der Waals surface area contributed by atoms with E-state index in [0.717, 1.165) is 10.9 Å². The third-order valence-electron chi connectivity index (χ3n) is 1.59. The zero-order chi connectivity index (χ0) is 7.68. The molecule has 0 saturated heterocycles. The third-order valence-corrected chi connectivity index (χ3v) is 1.59. The van der Waals surface area contributed by atoms with Crippen molar-refractivity contribution in [3.63, 3.8) is 0 Å². The van der Waals surface area contributed by atoms with Gasteiger partial charge in [-0.25, -0.2) is 0 Å². The molecule has 0 atom stereocenters. The number of aromatic hydroxyl groups is 1. The lowest BCUT2D eigenvalue weighted by Crippen LogP contribution is -1.75. The van der Waals surface area contributed by atoms with Crippen LogP contribution >= 0.6 is 0 Å². The zero-order valence-electron chi connectivity index (χ0n) is 5.86. The molecule has 1 N–H and O–H groups in total. The van der Waals surface area contributed by atoms with Gasteiger partial charge in [-0.1, -0.05) is 6.07 Å². The number of rotatable bonds is 0. The smallest absolute Gasteiger partial charge is 0.316 e. The monoisotopic (exact) mass is 171 g/mol. The van der Waals surface area contributed by atoms with Crippen molar-refractivity contribution < 1.29 is 5.11 Å². The lowest BCUT2D eigenvalue weighted by atomic mass is 10.2. The Bertz CT molecular complexity index is 389. The molecule has 2 rings (SSSR count). The van der Waals surface area contributed by atoms with E-state index in [0.29, 0.717) is 0 Å². The molecule has 0 aliphatic rings. The first-order valence-corrected chi connectivity index (χ1v) is 3.40. The molecule has 0 amide bonds. The van der Waals surface area contributed by atoms with E-state index >= 15 is 0 Å². The lowest BCUT2D eigenvalue weighted by Gasteiger charge is -1.95. The van der Waals surface area contributed by atoms with E-state index in [1.165, 1.54) is 0 Å². The van der Waals surface area contributed by atoms with Gasteiger partial charge in [0.15, 0.2) is 0 Å². The van der Waals surface area contributed by atoms with Crippen LogP contribution in [0.2, 0.25) is 0 Å². The molecule has 0 bridgehead atoms. The molecule has 0 radical (unpaired) electrons. The first-order valence-electron chi connectivity index (χ1n) is 3.40. The van der Waals surface area contributed by atoms with Gasteiger partial charge >= 0.3 is 23.1 Å². The Labute approximate surface area is 86.4 Å². The van der Waals surface area contributed by atoms with Crippen LogP contribution < -0.4 is 0 Å². The summed E-state index contributed by atoms with van der Waals surface area (Å²) in [7, 11) is 0. The second kappa shape index (κ2) is 3.73. The number of nitrogens with zero attached hydrogens (tertiary/aromatic N) is 1. The van der Waals surface area contributed by atoms with Gasteiger partial charge in [-0.2, -0.15) is 0 Å². The van der Waals surface area contributed by atoms with Crippen molar-refractivity contribution in [2.75, 3.05) is 0 Å².